The third-order valence-corrected chi connectivity index (χ3v) is 11.0. The Morgan fingerprint density at radius 1 is 0.368 bits per heavy atom. The highest BCUT2D eigenvalue weighted by atomic mass is 16.7. The van der Waals surface area contributed by atoms with Gasteiger partial charge in [0, 0.05) is 45.6 Å². The number of ether oxygens (including phenoxy) is 1. The number of carbonyl (C=O) groups excluding carboxylic acids is 2. The topological polar surface area (TPSA) is 91.8 Å². The standard InChI is InChI=1S/C48H97N3O6/c1-5-9-13-31-39-50(40-32-14-10-6-2)56-47(53)35-27-23-19-17-21-25-29-37-49(43-45-55-46-44-52)38-30-26-22-18-20-24-28-36-48(54)57-51(41-33-15-11-7-3)42-34-16-12-8-4/h52H,5-46H2,1-4H3. The van der Waals surface area contributed by atoms with Crippen molar-refractivity contribution in [3.63, 3.8) is 0 Å². The van der Waals surface area contributed by atoms with E-state index >= 15 is 0 Å². The molecular weight excluding hydrogens is 715 g/mol. The molecule has 1 N–H and O–H groups in total. The van der Waals surface area contributed by atoms with Crippen LogP contribution in [0.1, 0.15) is 233 Å². The molecule has 0 fully saturated rings. The lowest BCUT2D eigenvalue weighted by atomic mass is 10.1. The third-order valence-electron chi connectivity index (χ3n) is 11.0. The maximum Gasteiger partial charge on any atom is 0.325 e. The normalized spacial score (nSPS) is 11.7. The van der Waals surface area contributed by atoms with Crippen LogP contribution in [-0.4, -0.2) is 97.7 Å². The fraction of sp³-hybridized carbons (Fsp3) is 0.958. The molecule has 9 heteroatoms. The maximum atomic E-state index is 12.6. The second-order valence-corrected chi connectivity index (χ2v) is 16.7. The summed E-state index contributed by atoms with van der Waals surface area (Å²) >= 11 is 0. The Bertz CT molecular complexity index is 750. The van der Waals surface area contributed by atoms with Crippen molar-refractivity contribution in [3.05, 3.63) is 0 Å². The van der Waals surface area contributed by atoms with Gasteiger partial charge in [-0.1, -0.05) is 169 Å². The molecule has 0 unspecified atom stereocenters. The van der Waals surface area contributed by atoms with Gasteiger partial charge in [0.05, 0.1) is 19.8 Å². The molecule has 0 saturated carbocycles. The van der Waals surface area contributed by atoms with Crippen LogP contribution < -0.4 is 0 Å². The first-order valence-corrected chi connectivity index (χ1v) is 24.8. The number of aliphatic hydroxyl groups is 1. The molecule has 0 aromatic carbocycles. The summed E-state index contributed by atoms with van der Waals surface area (Å²) in [5.74, 6) is -0.108. The first kappa shape index (κ1) is 55.7. The number of aliphatic hydroxyl groups excluding tert-OH is 1. The van der Waals surface area contributed by atoms with Crippen molar-refractivity contribution in [3.8, 4) is 0 Å². The van der Waals surface area contributed by atoms with Crippen LogP contribution in [0.25, 0.3) is 0 Å². The molecule has 0 aliphatic carbocycles. The summed E-state index contributed by atoms with van der Waals surface area (Å²) in [5.41, 5.74) is 0. The fourth-order valence-electron chi connectivity index (χ4n) is 7.32. The van der Waals surface area contributed by atoms with Crippen molar-refractivity contribution < 1.29 is 29.1 Å². The minimum atomic E-state index is -0.0542. The van der Waals surface area contributed by atoms with E-state index in [1.807, 2.05) is 10.1 Å². The average Bonchev–Trinajstić information content (AvgIpc) is 3.20. The third kappa shape index (κ3) is 41.3. The highest BCUT2D eigenvalue weighted by Gasteiger charge is 2.13. The smallest absolute Gasteiger partial charge is 0.325 e. The van der Waals surface area contributed by atoms with E-state index in [1.54, 1.807) is 0 Å². The predicted octanol–water partition coefficient (Wildman–Crippen LogP) is 12.4. The number of rotatable bonds is 47. The largest absolute Gasteiger partial charge is 0.394 e. The zero-order valence-electron chi connectivity index (χ0n) is 38.5. The van der Waals surface area contributed by atoms with E-state index in [-0.39, 0.29) is 18.5 Å². The van der Waals surface area contributed by atoms with E-state index in [0.717, 1.165) is 97.2 Å². The van der Waals surface area contributed by atoms with Crippen molar-refractivity contribution in [2.45, 2.75) is 233 Å². The number of unbranched alkanes of at least 4 members (excludes halogenated alkanes) is 24. The molecule has 0 radical (unpaired) electrons. The first-order valence-electron chi connectivity index (χ1n) is 24.8. The van der Waals surface area contributed by atoms with Gasteiger partial charge < -0.3 is 24.4 Å². The summed E-state index contributed by atoms with van der Waals surface area (Å²) in [6, 6.07) is 0. The van der Waals surface area contributed by atoms with E-state index in [0.29, 0.717) is 26.1 Å². The van der Waals surface area contributed by atoms with Crippen LogP contribution in [0.4, 0.5) is 0 Å². The van der Waals surface area contributed by atoms with Crippen LogP contribution in [-0.2, 0) is 24.0 Å². The van der Waals surface area contributed by atoms with E-state index < -0.39 is 0 Å². The lowest BCUT2D eigenvalue weighted by molar-refractivity contribution is -0.192. The lowest BCUT2D eigenvalue weighted by Crippen LogP contribution is -2.30. The van der Waals surface area contributed by atoms with Gasteiger partial charge in [-0.2, -0.15) is 0 Å². The summed E-state index contributed by atoms with van der Waals surface area (Å²) in [7, 11) is 0. The SMILES string of the molecule is CCCCCCN(CCCCCC)OC(=O)CCCCCCCCCN(CCCCCCCCCC(=O)ON(CCCCCC)CCCCCC)CCOCCO. The molecule has 0 aromatic rings. The molecule has 0 aliphatic rings. The zero-order chi connectivity index (χ0) is 41.7. The molecular formula is C48H97N3O6. The number of nitrogens with zero attached hydrogens (tertiary/aromatic N) is 3. The van der Waals surface area contributed by atoms with Crippen molar-refractivity contribution in [1.29, 1.82) is 0 Å². The average molecular weight is 812 g/mol. The Balaban J connectivity index is 4.15. The fourth-order valence-corrected chi connectivity index (χ4v) is 7.32. The van der Waals surface area contributed by atoms with Crippen LogP contribution >= 0.6 is 0 Å². The van der Waals surface area contributed by atoms with Gasteiger partial charge in [-0.15, -0.1) is 10.1 Å². The summed E-state index contributed by atoms with van der Waals surface area (Å²) in [6.07, 6.45) is 36.4. The Labute approximate surface area is 354 Å². The molecule has 0 atom stereocenters. The highest BCUT2D eigenvalue weighted by molar-refractivity contribution is 5.69. The highest BCUT2D eigenvalue weighted by Crippen LogP contribution is 2.14. The number of hydrogen-bond acceptors (Lipinski definition) is 9. The van der Waals surface area contributed by atoms with E-state index in [1.165, 1.54) is 141 Å². The maximum absolute atomic E-state index is 12.6. The monoisotopic (exact) mass is 812 g/mol. The van der Waals surface area contributed by atoms with Gasteiger partial charge >= 0.3 is 11.9 Å². The van der Waals surface area contributed by atoms with Gasteiger partial charge in [0.25, 0.3) is 0 Å². The van der Waals surface area contributed by atoms with E-state index in [4.69, 9.17) is 19.5 Å². The predicted molar refractivity (Wildman–Crippen MR) is 240 cm³/mol. The first-order chi connectivity index (χ1) is 28.0. The Hall–Kier alpha value is -1.26. The second kappa shape index (κ2) is 45.8. The number of carbonyl (C=O) groups is 2. The minimum absolute atomic E-state index is 0.0542. The lowest BCUT2D eigenvalue weighted by Gasteiger charge is -2.22. The van der Waals surface area contributed by atoms with Gasteiger partial charge in [-0.3, -0.25) is 9.59 Å². The number of hydroxylamine groups is 4. The van der Waals surface area contributed by atoms with Gasteiger partial charge in [0.15, 0.2) is 0 Å². The van der Waals surface area contributed by atoms with Gasteiger partial charge in [-0.05, 0) is 64.5 Å². The summed E-state index contributed by atoms with van der Waals surface area (Å²) < 4.78 is 5.60. The minimum Gasteiger partial charge on any atom is -0.394 e. The number of hydrogen-bond donors (Lipinski definition) is 1. The van der Waals surface area contributed by atoms with Crippen molar-refractivity contribution in [2.75, 3.05) is 65.6 Å². The molecule has 9 nitrogen and oxygen atoms in total. The molecule has 0 amide bonds. The second-order valence-electron chi connectivity index (χ2n) is 16.7. The molecule has 0 saturated heterocycles. The molecule has 57 heavy (non-hydrogen) atoms. The summed E-state index contributed by atoms with van der Waals surface area (Å²) in [5, 5.41) is 13.0. The van der Waals surface area contributed by atoms with E-state index in [2.05, 4.69) is 32.6 Å². The molecule has 0 aliphatic heterocycles. The van der Waals surface area contributed by atoms with Gasteiger partial charge in [-0.25, -0.2) is 0 Å². The van der Waals surface area contributed by atoms with Gasteiger partial charge in [0.1, 0.15) is 0 Å². The van der Waals surface area contributed by atoms with Crippen molar-refractivity contribution in [2.24, 2.45) is 0 Å². The Morgan fingerprint density at radius 3 is 1.00 bits per heavy atom. The Morgan fingerprint density at radius 2 is 0.667 bits per heavy atom. The van der Waals surface area contributed by atoms with Crippen LogP contribution in [0.15, 0.2) is 0 Å². The van der Waals surface area contributed by atoms with Crippen molar-refractivity contribution in [1.82, 2.24) is 15.0 Å². The molecule has 0 heterocycles. The van der Waals surface area contributed by atoms with Crippen LogP contribution in [0.5, 0.6) is 0 Å². The van der Waals surface area contributed by atoms with Crippen LogP contribution in [0.3, 0.4) is 0 Å². The molecule has 0 bridgehead atoms. The Kier molecular flexibility index (Phi) is 44.8. The quantitative estimate of drug-likeness (QED) is 0.0476. The molecule has 340 valence electrons. The van der Waals surface area contributed by atoms with Gasteiger partial charge in [0.2, 0.25) is 0 Å². The zero-order valence-corrected chi connectivity index (χ0v) is 38.5. The summed E-state index contributed by atoms with van der Waals surface area (Å²) in [4.78, 5) is 39.2. The molecule has 0 rings (SSSR count). The van der Waals surface area contributed by atoms with E-state index in [9.17, 15) is 9.59 Å². The molecule has 0 spiro atoms. The van der Waals surface area contributed by atoms with Crippen LogP contribution in [0.2, 0.25) is 0 Å². The summed E-state index contributed by atoms with van der Waals surface area (Å²) in [6.45, 7) is 16.7. The molecule has 0 aromatic heterocycles. The van der Waals surface area contributed by atoms with Crippen LogP contribution in [0, 0.1) is 0 Å². The van der Waals surface area contributed by atoms with Crippen molar-refractivity contribution >= 4 is 11.9 Å².